The van der Waals surface area contributed by atoms with Crippen molar-refractivity contribution in [3.05, 3.63) is 35.4 Å². The van der Waals surface area contributed by atoms with Gasteiger partial charge in [-0.15, -0.1) is 0 Å². The Labute approximate surface area is 111 Å². The number of hydrogen-bond donors (Lipinski definition) is 1. The average Bonchev–Trinajstić information content (AvgIpc) is 2.35. The molecule has 2 unspecified atom stereocenters. The van der Waals surface area contributed by atoms with Crippen LogP contribution in [-0.4, -0.2) is 29.6 Å². The molecule has 0 heterocycles. The lowest BCUT2D eigenvalue weighted by Crippen LogP contribution is -2.46. The number of aliphatic hydroxyl groups excluding tert-OH is 1. The molecule has 1 aromatic rings. The summed E-state index contributed by atoms with van der Waals surface area (Å²) in [6, 6.07) is 5.19. The Morgan fingerprint density at radius 3 is 2.16 bits per heavy atom. The van der Waals surface area contributed by atoms with Crippen LogP contribution in [-0.2, 0) is 6.18 Å². The van der Waals surface area contributed by atoms with Crippen LogP contribution >= 0.6 is 0 Å². The van der Waals surface area contributed by atoms with Gasteiger partial charge in [0.25, 0.3) is 0 Å². The fraction of sp³-hybridized carbons (Fsp3) is 0.571. The van der Waals surface area contributed by atoms with Gasteiger partial charge < -0.3 is 10.0 Å². The number of hydrogen-bond acceptors (Lipinski definition) is 2. The smallest absolute Gasteiger partial charge is 0.386 e. The van der Waals surface area contributed by atoms with E-state index in [1.54, 1.807) is 25.9 Å². The van der Waals surface area contributed by atoms with E-state index in [9.17, 15) is 18.3 Å². The lowest BCUT2D eigenvalue weighted by Gasteiger charge is -2.40. The molecule has 0 fully saturated rings. The van der Waals surface area contributed by atoms with Gasteiger partial charge in [0.15, 0.2) is 0 Å². The highest BCUT2D eigenvalue weighted by molar-refractivity contribution is 5.33. The van der Waals surface area contributed by atoms with Crippen molar-refractivity contribution in [3.8, 4) is 0 Å². The van der Waals surface area contributed by atoms with Gasteiger partial charge in [0.1, 0.15) is 0 Å². The molecule has 0 aromatic heterocycles. The van der Waals surface area contributed by atoms with Gasteiger partial charge in [-0.3, -0.25) is 0 Å². The predicted molar refractivity (Wildman–Crippen MR) is 68.8 cm³/mol. The summed E-state index contributed by atoms with van der Waals surface area (Å²) in [5, 5.41) is 10.4. The quantitative estimate of drug-likeness (QED) is 0.909. The highest BCUT2D eigenvalue weighted by Crippen LogP contribution is 2.40. The minimum atomic E-state index is -4.46. The topological polar surface area (TPSA) is 23.5 Å². The van der Waals surface area contributed by atoms with Crippen molar-refractivity contribution in [1.29, 1.82) is 0 Å². The van der Waals surface area contributed by atoms with Crippen molar-refractivity contribution in [1.82, 2.24) is 4.90 Å². The Hall–Kier alpha value is -1.07. The first kappa shape index (κ1) is 16.0. The van der Waals surface area contributed by atoms with Crippen LogP contribution in [0.25, 0.3) is 0 Å². The lowest BCUT2D eigenvalue weighted by molar-refractivity contribution is -0.140. The maximum Gasteiger partial charge on any atom is 0.416 e. The largest absolute Gasteiger partial charge is 0.416 e. The van der Waals surface area contributed by atoms with Crippen molar-refractivity contribution in [2.75, 3.05) is 14.1 Å². The zero-order valence-electron chi connectivity index (χ0n) is 11.6. The van der Waals surface area contributed by atoms with Gasteiger partial charge in [-0.05, 0) is 39.1 Å². The van der Waals surface area contributed by atoms with E-state index in [4.69, 9.17) is 0 Å². The van der Waals surface area contributed by atoms with Crippen LogP contribution in [0.4, 0.5) is 13.2 Å². The number of likely N-dealkylation sites (N-methyl/N-ethyl adjacent to an activating group) is 1. The zero-order valence-corrected chi connectivity index (χ0v) is 11.6. The summed E-state index contributed by atoms with van der Waals surface area (Å²) in [6.45, 7) is 3.60. The van der Waals surface area contributed by atoms with E-state index in [-0.39, 0.29) is 5.56 Å². The van der Waals surface area contributed by atoms with E-state index in [2.05, 4.69) is 0 Å². The molecule has 2 atom stereocenters. The third-order valence-electron chi connectivity index (χ3n) is 3.89. The van der Waals surface area contributed by atoms with Gasteiger partial charge in [0.05, 0.1) is 11.7 Å². The Morgan fingerprint density at radius 1 is 1.21 bits per heavy atom. The van der Waals surface area contributed by atoms with E-state index in [1.807, 2.05) is 6.92 Å². The van der Waals surface area contributed by atoms with Crippen molar-refractivity contribution in [3.63, 3.8) is 0 Å². The van der Waals surface area contributed by atoms with Crippen LogP contribution in [0.5, 0.6) is 0 Å². The van der Waals surface area contributed by atoms with Crippen molar-refractivity contribution < 1.29 is 18.3 Å². The molecule has 108 valence electrons. The third-order valence-corrected chi connectivity index (χ3v) is 3.89. The maximum absolute atomic E-state index is 13.0. The first-order valence-corrected chi connectivity index (χ1v) is 6.16. The van der Waals surface area contributed by atoms with E-state index in [1.165, 1.54) is 18.2 Å². The van der Waals surface area contributed by atoms with Crippen molar-refractivity contribution in [2.24, 2.45) is 0 Å². The Kier molecular flexibility index (Phi) is 4.63. The first-order valence-electron chi connectivity index (χ1n) is 6.16. The van der Waals surface area contributed by atoms with E-state index < -0.39 is 23.4 Å². The summed E-state index contributed by atoms with van der Waals surface area (Å²) in [7, 11) is 3.51. The number of rotatable bonds is 4. The molecule has 0 saturated heterocycles. The van der Waals surface area contributed by atoms with Gasteiger partial charge >= 0.3 is 6.18 Å². The molecule has 2 nitrogen and oxygen atoms in total. The van der Waals surface area contributed by atoms with Gasteiger partial charge in [-0.25, -0.2) is 0 Å². The van der Waals surface area contributed by atoms with Gasteiger partial charge in [0.2, 0.25) is 0 Å². The number of halogens is 3. The van der Waals surface area contributed by atoms with Crippen LogP contribution in [0, 0.1) is 0 Å². The summed E-state index contributed by atoms with van der Waals surface area (Å²) in [6.07, 6.45) is -5.13. The van der Waals surface area contributed by atoms with Crippen LogP contribution in [0.2, 0.25) is 0 Å². The summed E-state index contributed by atoms with van der Waals surface area (Å²) >= 11 is 0. The van der Waals surface area contributed by atoms with Gasteiger partial charge in [-0.1, -0.05) is 25.1 Å². The van der Waals surface area contributed by atoms with Crippen molar-refractivity contribution >= 4 is 0 Å². The van der Waals surface area contributed by atoms with Crippen molar-refractivity contribution in [2.45, 2.75) is 38.1 Å². The molecule has 0 bridgehead atoms. The van der Waals surface area contributed by atoms with Crippen LogP contribution in [0.15, 0.2) is 24.3 Å². The molecule has 0 saturated carbocycles. The number of nitrogens with zero attached hydrogens (tertiary/aromatic N) is 1. The Bertz CT molecular complexity index is 431. The molecule has 1 rings (SSSR count). The minimum Gasteiger partial charge on any atom is -0.386 e. The monoisotopic (exact) mass is 275 g/mol. The third kappa shape index (κ3) is 3.09. The van der Waals surface area contributed by atoms with Crippen LogP contribution in [0.3, 0.4) is 0 Å². The molecule has 0 aliphatic heterocycles. The normalized spacial score (nSPS) is 17.3. The second kappa shape index (κ2) is 5.51. The zero-order chi connectivity index (χ0) is 14.8. The molecule has 1 N–H and O–H groups in total. The first-order chi connectivity index (χ1) is 8.64. The predicted octanol–water partition coefficient (Wildman–Crippen LogP) is 3.47. The highest BCUT2D eigenvalue weighted by atomic mass is 19.4. The summed E-state index contributed by atoms with van der Waals surface area (Å²) in [5.41, 5.74) is -1.60. The average molecular weight is 275 g/mol. The van der Waals surface area contributed by atoms with Crippen LogP contribution in [0.1, 0.15) is 37.5 Å². The molecular formula is C14H20F3NO. The fourth-order valence-corrected chi connectivity index (χ4v) is 2.08. The van der Waals surface area contributed by atoms with Gasteiger partial charge in [0, 0.05) is 5.54 Å². The molecule has 1 aromatic carbocycles. The van der Waals surface area contributed by atoms with E-state index in [0.29, 0.717) is 6.42 Å². The van der Waals surface area contributed by atoms with E-state index in [0.717, 1.165) is 6.07 Å². The van der Waals surface area contributed by atoms with Gasteiger partial charge in [-0.2, -0.15) is 13.2 Å². The minimum absolute atomic E-state index is 0.0759. The lowest BCUT2D eigenvalue weighted by atomic mass is 9.84. The molecule has 0 amide bonds. The summed E-state index contributed by atoms with van der Waals surface area (Å²) in [5.74, 6) is 0. The fourth-order valence-electron chi connectivity index (χ4n) is 2.08. The molecule has 0 aliphatic rings. The van der Waals surface area contributed by atoms with Crippen LogP contribution < -0.4 is 0 Å². The second-order valence-electron chi connectivity index (χ2n) is 5.09. The second-order valence-corrected chi connectivity index (χ2v) is 5.09. The highest BCUT2D eigenvalue weighted by Gasteiger charge is 2.40. The maximum atomic E-state index is 13.0. The summed E-state index contributed by atoms with van der Waals surface area (Å²) in [4.78, 5) is 1.75. The van der Waals surface area contributed by atoms with E-state index >= 15 is 0 Å². The molecule has 5 heteroatoms. The number of aliphatic hydroxyl groups is 1. The Morgan fingerprint density at radius 2 is 1.74 bits per heavy atom. The Balaban J connectivity index is 3.31. The molecule has 0 aliphatic carbocycles. The SMILES string of the molecule is CCC(C)(C(O)c1ccccc1C(F)(F)F)N(C)C. The number of alkyl halides is 3. The molecular weight excluding hydrogens is 255 g/mol. The molecule has 0 spiro atoms. The molecule has 0 radical (unpaired) electrons. The number of benzene rings is 1. The molecule has 19 heavy (non-hydrogen) atoms. The standard InChI is InChI=1S/C14H20F3NO/c1-5-13(2,18(3)4)12(19)10-8-6-7-9-11(10)14(15,16)17/h6-9,12,19H,5H2,1-4H3. The summed E-state index contributed by atoms with van der Waals surface area (Å²) < 4.78 is 38.9.